The monoisotopic (exact) mass is 420 g/mol. The first-order valence-corrected chi connectivity index (χ1v) is 10.1. The Bertz CT molecular complexity index is 987. The molecule has 0 aliphatic carbocycles. The summed E-state index contributed by atoms with van der Waals surface area (Å²) in [5.74, 6) is 3.22. The summed E-state index contributed by atoms with van der Waals surface area (Å²) in [6, 6.07) is 19.8. The van der Waals surface area contributed by atoms with Gasteiger partial charge in [-0.15, -0.1) is 0 Å². The quantitative estimate of drug-likeness (QED) is 0.385. The molecule has 31 heavy (non-hydrogen) atoms. The van der Waals surface area contributed by atoms with E-state index in [4.69, 9.17) is 23.7 Å². The zero-order valence-corrected chi connectivity index (χ0v) is 18.4. The van der Waals surface area contributed by atoms with Crippen LogP contribution in [0.1, 0.15) is 23.6 Å². The molecule has 3 aromatic carbocycles. The van der Waals surface area contributed by atoms with E-state index in [1.807, 2.05) is 79.7 Å². The summed E-state index contributed by atoms with van der Waals surface area (Å²) in [6.45, 7) is 3.00. The normalized spacial score (nSPS) is 10.7. The van der Waals surface area contributed by atoms with Crippen molar-refractivity contribution in [1.82, 2.24) is 0 Å². The number of rotatable bonds is 10. The molecule has 0 bridgehead atoms. The SMILES string of the molecule is CCOc1ccc(/C=C/c2cc(OC)c(OC)c(OC)c2)cc1OCc1ccccc1. The summed E-state index contributed by atoms with van der Waals surface area (Å²) in [4.78, 5) is 0. The van der Waals surface area contributed by atoms with Crippen LogP contribution in [0.25, 0.3) is 12.2 Å². The van der Waals surface area contributed by atoms with Crippen LogP contribution in [-0.2, 0) is 6.61 Å². The Morgan fingerprint density at radius 2 is 1.29 bits per heavy atom. The van der Waals surface area contributed by atoms with E-state index in [-0.39, 0.29) is 0 Å². The summed E-state index contributed by atoms with van der Waals surface area (Å²) in [6.07, 6.45) is 3.99. The lowest BCUT2D eigenvalue weighted by Gasteiger charge is -2.13. The Labute approximate surface area is 183 Å². The second-order valence-electron chi connectivity index (χ2n) is 6.71. The molecule has 0 atom stereocenters. The van der Waals surface area contributed by atoms with Gasteiger partial charge in [0.1, 0.15) is 6.61 Å². The molecule has 0 heterocycles. The lowest BCUT2D eigenvalue weighted by molar-refractivity contribution is 0.269. The van der Waals surface area contributed by atoms with Crippen LogP contribution in [0.4, 0.5) is 0 Å². The maximum absolute atomic E-state index is 6.06. The van der Waals surface area contributed by atoms with Crippen LogP contribution in [0.5, 0.6) is 28.7 Å². The minimum atomic E-state index is 0.473. The van der Waals surface area contributed by atoms with Crippen molar-refractivity contribution in [2.45, 2.75) is 13.5 Å². The molecule has 0 radical (unpaired) electrons. The van der Waals surface area contributed by atoms with Crippen molar-refractivity contribution in [1.29, 1.82) is 0 Å². The van der Waals surface area contributed by atoms with Crippen molar-refractivity contribution in [3.63, 3.8) is 0 Å². The third kappa shape index (κ3) is 5.72. The van der Waals surface area contributed by atoms with Gasteiger partial charge >= 0.3 is 0 Å². The van der Waals surface area contributed by atoms with Gasteiger partial charge in [0.05, 0.1) is 27.9 Å². The molecule has 5 heteroatoms. The molecule has 5 nitrogen and oxygen atoms in total. The fourth-order valence-corrected chi connectivity index (χ4v) is 3.14. The number of methoxy groups -OCH3 is 3. The lowest BCUT2D eigenvalue weighted by Crippen LogP contribution is -1.99. The highest BCUT2D eigenvalue weighted by atomic mass is 16.5. The summed E-state index contributed by atoms with van der Waals surface area (Å²) in [5.41, 5.74) is 3.01. The molecule has 3 rings (SSSR count). The minimum Gasteiger partial charge on any atom is -0.493 e. The molecule has 0 aromatic heterocycles. The largest absolute Gasteiger partial charge is 0.493 e. The molecule has 0 spiro atoms. The highest BCUT2D eigenvalue weighted by molar-refractivity contribution is 5.73. The standard InChI is InChI=1S/C26H28O5/c1-5-30-22-14-13-19(15-23(22)31-18-20-9-7-6-8-10-20)11-12-21-16-24(27-2)26(29-4)25(17-21)28-3/h6-17H,5,18H2,1-4H3/b12-11+. The Balaban J connectivity index is 1.85. The van der Waals surface area contributed by atoms with Crippen LogP contribution in [-0.4, -0.2) is 27.9 Å². The molecule has 0 aliphatic heterocycles. The van der Waals surface area contributed by atoms with Gasteiger partial charge in [-0.05, 0) is 47.9 Å². The van der Waals surface area contributed by atoms with E-state index in [1.54, 1.807) is 21.3 Å². The van der Waals surface area contributed by atoms with E-state index >= 15 is 0 Å². The predicted molar refractivity (Wildman–Crippen MR) is 123 cm³/mol. The van der Waals surface area contributed by atoms with Gasteiger partial charge in [-0.25, -0.2) is 0 Å². The topological polar surface area (TPSA) is 46.2 Å². The molecule has 3 aromatic rings. The number of hydrogen-bond acceptors (Lipinski definition) is 5. The minimum absolute atomic E-state index is 0.473. The first-order valence-electron chi connectivity index (χ1n) is 10.1. The van der Waals surface area contributed by atoms with E-state index < -0.39 is 0 Å². The van der Waals surface area contributed by atoms with Crippen LogP contribution in [0.2, 0.25) is 0 Å². The molecule has 162 valence electrons. The third-order valence-corrected chi connectivity index (χ3v) is 4.66. The molecule has 0 aliphatic rings. The number of ether oxygens (including phenoxy) is 5. The van der Waals surface area contributed by atoms with Gasteiger partial charge in [-0.1, -0.05) is 48.6 Å². The summed E-state index contributed by atoms with van der Waals surface area (Å²) in [5, 5.41) is 0. The van der Waals surface area contributed by atoms with E-state index in [1.165, 1.54) is 0 Å². The van der Waals surface area contributed by atoms with Crippen LogP contribution >= 0.6 is 0 Å². The fraction of sp³-hybridized carbons (Fsp3) is 0.231. The molecule has 0 fully saturated rings. The third-order valence-electron chi connectivity index (χ3n) is 4.66. The predicted octanol–water partition coefficient (Wildman–Crippen LogP) is 5.86. The van der Waals surface area contributed by atoms with Crippen molar-refractivity contribution in [2.75, 3.05) is 27.9 Å². The summed E-state index contributed by atoms with van der Waals surface area (Å²) in [7, 11) is 4.80. The molecule has 0 amide bonds. The Hall–Kier alpha value is -3.60. The van der Waals surface area contributed by atoms with Crippen molar-refractivity contribution in [2.24, 2.45) is 0 Å². The first-order chi connectivity index (χ1) is 15.2. The molecule has 0 saturated carbocycles. The fourth-order valence-electron chi connectivity index (χ4n) is 3.14. The van der Waals surface area contributed by atoms with E-state index in [2.05, 4.69) is 0 Å². The zero-order valence-electron chi connectivity index (χ0n) is 18.4. The van der Waals surface area contributed by atoms with E-state index in [9.17, 15) is 0 Å². The van der Waals surface area contributed by atoms with Crippen LogP contribution in [0, 0.1) is 0 Å². The van der Waals surface area contributed by atoms with Crippen molar-refractivity contribution in [3.05, 3.63) is 77.4 Å². The molecule has 0 saturated heterocycles. The van der Waals surface area contributed by atoms with Gasteiger partial charge in [0.2, 0.25) is 5.75 Å². The molecular formula is C26H28O5. The zero-order chi connectivity index (χ0) is 22.1. The number of hydrogen-bond donors (Lipinski definition) is 0. The van der Waals surface area contributed by atoms with Gasteiger partial charge in [0, 0.05) is 0 Å². The second kappa shape index (κ2) is 11.0. The lowest BCUT2D eigenvalue weighted by atomic mass is 10.1. The van der Waals surface area contributed by atoms with Crippen molar-refractivity contribution < 1.29 is 23.7 Å². The molecule has 0 unspecified atom stereocenters. The van der Waals surface area contributed by atoms with Gasteiger partial charge in [0.15, 0.2) is 23.0 Å². The van der Waals surface area contributed by atoms with Crippen molar-refractivity contribution in [3.8, 4) is 28.7 Å². The van der Waals surface area contributed by atoms with Gasteiger partial charge in [-0.2, -0.15) is 0 Å². The maximum atomic E-state index is 6.06. The Morgan fingerprint density at radius 1 is 0.645 bits per heavy atom. The summed E-state index contributed by atoms with van der Waals surface area (Å²) >= 11 is 0. The average Bonchev–Trinajstić information content (AvgIpc) is 2.82. The van der Waals surface area contributed by atoms with Gasteiger partial charge < -0.3 is 23.7 Å². The Kier molecular flexibility index (Phi) is 7.82. The average molecular weight is 421 g/mol. The smallest absolute Gasteiger partial charge is 0.203 e. The molecule has 0 N–H and O–H groups in total. The van der Waals surface area contributed by atoms with E-state index in [0.717, 1.165) is 22.4 Å². The van der Waals surface area contributed by atoms with Crippen LogP contribution in [0.3, 0.4) is 0 Å². The van der Waals surface area contributed by atoms with E-state index in [0.29, 0.717) is 36.2 Å². The Morgan fingerprint density at radius 3 is 1.90 bits per heavy atom. The van der Waals surface area contributed by atoms with Gasteiger partial charge in [0.25, 0.3) is 0 Å². The van der Waals surface area contributed by atoms with Crippen LogP contribution < -0.4 is 23.7 Å². The first kappa shape index (κ1) is 22.1. The van der Waals surface area contributed by atoms with Crippen LogP contribution in [0.15, 0.2) is 60.7 Å². The second-order valence-corrected chi connectivity index (χ2v) is 6.71. The van der Waals surface area contributed by atoms with Gasteiger partial charge in [-0.3, -0.25) is 0 Å². The van der Waals surface area contributed by atoms with Crippen molar-refractivity contribution >= 4 is 12.2 Å². The maximum Gasteiger partial charge on any atom is 0.203 e. The highest BCUT2D eigenvalue weighted by Gasteiger charge is 2.12. The number of benzene rings is 3. The molecular weight excluding hydrogens is 392 g/mol. The summed E-state index contributed by atoms with van der Waals surface area (Å²) < 4.78 is 28.0. The highest BCUT2D eigenvalue weighted by Crippen LogP contribution is 2.38.